The summed E-state index contributed by atoms with van der Waals surface area (Å²) in [5.41, 5.74) is 1.80. The van der Waals surface area contributed by atoms with Gasteiger partial charge in [-0.2, -0.15) is 17.7 Å². The molecule has 0 saturated heterocycles. The maximum absolute atomic E-state index is 11.5. The highest BCUT2D eigenvalue weighted by atomic mass is 32.1. The number of hydrogen-bond acceptors (Lipinski definition) is 5. The summed E-state index contributed by atoms with van der Waals surface area (Å²) in [6, 6.07) is 3.60. The van der Waals surface area contributed by atoms with E-state index < -0.39 is 0 Å². The lowest BCUT2D eigenvalue weighted by Crippen LogP contribution is -2.27. The average molecular weight is 291 g/mol. The molecule has 0 aliphatic heterocycles. The summed E-state index contributed by atoms with van der Waals surface area (Å²) in [6.45, 7) is 3.84. The van der Waals surface area contributed by atoms with Gasteiger partial charge in [0.2, 0.25) is 5.91 Å². The smallest absolute Gasteiger partial charge is 0.221 e. The fourth-order valence-electron chi connectivity index (χ4n) is 1.72. The fourth-order valence-corrected chi connectivity index (χ4v) is 1.93. The minimum Gasteiger partial charge on any atom is -0.346 e. The quantitative estimate of drug-likeness (QED) is 0.732. The Morgan fingerprint density at radius 1 is 1.55 bits per heavy atom. The summed E-state index contributed by atoms with van der Waals surface area (Å²) in [6.07, 6.45) is 2.10. The second kappa shape index (κ2) is 6.51. The van der Waals surface area contributed by atoms with Crippen LogP contribution in [0.2, 0.25) is 0 Å². The predicted octanol–water partition coefficient (Wildman–Crippen LogP) is 1.67. The molecule has 106 valence electrons. The highest BCUT2D eigenvalue weighted by Gasteiger charge is 2.14. The molecule has 20 heavy (non-hydrogen) atoms. The summed E-state index contributed by atoms with van der Waals surface area (Å²) in [5.74, 6) is 1.60. The standard InChI is InChI=1S/C13H17N5OS/c1-8-3-5-14-10(7-8)13-16-12(17-18-13)9(2)15-11(19)4-6-20/h3,5,7,9,20H,4,6H2,1-2H3,(H,15,19)(H,16,17,18). The van der Waals surface area contributed by atoms with Crippen molar-refractivity contribution >= 4 is 18.5 Å². The van der Waals surface area contributed by atoms with Crippen molar-refractivity contribution in [1.82, 2.24) is 25.5 Å². The Morgan fingerprint density at radius 3 is 3.05 bits per heavy atom. The van der Waals surface area contributed by atoms with Crippen LogP contribution in [0.5, 0.6) is 0 Å². The molecule has 0 aromatic carbocycles. The van der Waals surface area contributed by atoms with Crippen LogP contribution in [0.3, 0.4) is 0 Å². The first-order valence-electron chi connectivity index (χ1n) is 6.35. The normalized spacial score (nSPS) is 12.2. The first-order chi connectivity index (χ1) is 9.60. The van der Waals surface area contributed by atoms with E-state index in [0.29, 0.717) is 29.5 Å². The van der Waals surface area contributed by atoms with Crippen molar-refractivity contribution in [1.29, 1.82) is 0 Å². The van der Waals surface area contributed by atoms with E-state index >= 15 is 0 Å². The van der Waals surface area contributed by atoms with E-state index in [-0.39, 0.29) is 11.9 Å². The van der Waals surface area contributed by atoms with Gasteiger partial charge in [-0.25, -0.2) is 4.98 Å². The number of carbonyl (C=O) groups excluding carboxylic acids is 1. The molecule has 2 N–H and O–H groups in total. The molecule has 6 nitrogen and oxygen atoms in total. The van der Waals surface area contributed by atoms with Crippen molar-refractivity contribution in [2.45, 2.75) is 26.3 Å². The van der Waals surface area contributed by atoms with Gasteiger partial charge in [0.1, 0.15) is 11.5 Å². The van der Waals surface area contributed by atoms with E-state index in [1.165, 1.54) is 0 Å². The second-order valence-corrected chi connectivity index (χ2v) is 4.97. The number of hydrogen-bond donors (Lipinski definition) is 3. The van der Waals surface area contributed by atoms with E-state index in [2.05, 4.69) is 38.1 Å². The topological polar surface area (TPSA) is 83.6 Å². The fraction of sp³-hybridized carbons (Fsp3) is 0.385. The van der Waals surface area contributed by atoms with Gasteiger partial charge in [0.05, 0.1) is 6.04 Å². The molecule has 0 aliphatic carbocycles. The van der Waals surface area contributed by atoms with E-state index in [9.17, 15) is 4.79 Å². The Labute approximate surface area is 122 Å². The van der Waals surface area contributed by atoms with Gasteiger partial charge < -0.3 is 5.32 Å². The third-order valence-electron chi connectivity index (χ3n) is 2.77. The largest absolute Gasteiger partial charge is 0.346 e. The molecule has 0 spiro atoms. The Bertz CT molecular complexity index is 598. The number of pyridine rings is 1. The average Bonchev–Trinajstić information content (AvgIpc) is 2.88. The lowest BCUT2D eigenvalue weighted by molar-refractivity contribution is -0.121. The molecule has 2 rings (SSSR count). The molecule has 1 amide bonds. The Hall–Kier alpha value is -1.89. The van der Waals surface area contributed by atoms with Crippen molar-refractivity contribution in [3.8, 4) is 11.5 Å². The van der Waals surface area contributed by atoms with Crippen LogP contribution in [0.15, 0.2) is 18.3 Å². The maximum Gasteiger partial charge on any atom is 0.221 e. The van der Waals surface area contributed by atoms with E-state index in [1.54, 1.807) is 6.20 Å². The van der Waals surface area contributed by atoms with Crippen molar-refractivity contribution in [2.24, 2.45) is 0 Å². The molecule has 0 fully saturated rings. The van der Waals surface area contributed by atoms with Crippen LogP contribution in [0.1, 0.15) is 30.8 Å². The number of rotatable bonds is 5. The monoisotopic (exact) mass is 291 g/mol. The maximum atomic E-state index is 11.5. The van der Waals surface area contributed by atoms with Crippen LogP contribution in [-0.2, 0) is 4.79 Å². The second-order valence-electron chi connectivity index (χ2n) is 4.53. The van der Waals surface area contributed by atoms with Crippen molar-refractivity contribution < 1.29 is 4.79 Å². The first kappa shape index (κ1) is 14.5. The number of aryl methyl sites for hydroxylation is 1. The number of nitrogens with zero attached hydrogens (tertiary/aromatic N) is 3. The number of aromatic amines is 1. The molecule has 0 radical (unpaired) electrons. The lowest BCUT2D eigenvalue weighted by Gasteiger charge is -2.09. The first-order valence-corrected chi connectivity index (χ1v) is 6.99. The molecular formula is C13H17N5OS. The van der Waals surface area contributed by atoms with Gasteiger partial charge in [0.15, 0.2) is 5.82 Å². The minimum atomic E-state index is -0.228. The zero-order chi connectivity index (χ0) is 14.5. The molecule has 0 aliphatic rings. The van der Waals surface area contributed by atoms with Crippen LogP contribution in [0, 0.1) is 6.92 Å². The number of carbonyl (C=O) groups is 1. The molecule has 0 bridgehead atoms. The van der Waals surface area contributed by atoms with Gasteiger partial charge in [0, 0.05) is 12.6 Å². The van der Waals surface area contributed by atoms with Crippen LogP contribution >= 0.6 is 12.6 Å². The van der Waals surface area contributed by atoms with Crippen molar-refractivity contribution in [2.75, 3.05) is 5.75 Å². The Morgan fingerprint density at radius 2 is 2.35 bits per heavy atom. The van der Waals surface area contributed by atoms with Gasteiger partial charge >= 0.3 is 0 Å². The van der Waals surface area contributed by atoms with E-state index in [1.807, 2.05) is 26.0 Å². The van der Waals surface area contributed by atoms with Gasteiger partial charge in [-0.3, -0.25) is 14.9 Å². The minimum absolute atomic E-state index is 0.0564. The van der Waals surface area contributed by atoms with Crippen LogP contribution in [0.4, 0.5) is 0 Å². The third-order valence-corrected chi connectivity index (χ3v) is 3.00. The van der Waals surface area contributed by atoms with Crippen molar-refractivity contribution in [3.05, 3.63) is 29.7 Å². The summed E-state index contributed by atoms with van der Waals surface area (Å²) in [4.78, 5) is 20.1. The van der Waals surface area contributed by atoms with Crippen LogP contribution < -0.4 is 5.32 Å². The number of amides is 1. The molecule has 1 atom stereocenters. The van der Waals surface area contributed by atoms with E-state index in [4.69, 9.17) is 0 Å². The Balaban J connectivity index is 2.10. The Kier molecular flexibility index (Phi) is 4.73. The van der Waals surface area contributed by atoms with E-state index in [0.717, 1.165) is 5.56 Å². The molecule has 2 aromatic heterocycles. The van der Waals surface area contributed by atoms with Gasteiger partial charge in [-0.05, 0) is 37.3 Å². The molecular weight excluding hydrogens is 274 g/mol. The molecule has 1 unspecified atom stereocenters. The SMILES string of the molecule is Cc1ccnc(-c2n[nH]c(C(C)NC(=O)CCS)n2)c1. The number of thiol groups is 1. The molecule has 2 aromatic rings. The highest BCUT2D eigenvalue weighted by molar-refractivity contribution is 7.80. The summed E-state index contributed by atoms with van der Waals surface area (Å²) in [7, 11) is 0. The third kappa shape index (κ3) is 3.57. The lowest BCUT2D eigenvalue weighted by atomic mass is 10.2. The van der Waals surface area contributed by atoms with Gasteiger partial charge in [0.25, 0.3) is 0 Å². The number of nitrogens with one attached hydrogen (secondary N) is 2. The van der Waals surface area contributed by atoms with Gasteiger partial charge in [-0.1, -0.05) is 0 Å². The molecule has 0 saturated carbocycles. The van der Waals surface area contributed by atoms with Crippen LogP contribution in [0.25, 0.3) is 11.5 Å². The summed E-state index contributed by atoms with van der Waals surface area (Å²) >= 11 is 4.03. The molecule has 7 heteroatoms. The zero-order valence-corrected chi connectivity index (χ0v) is 12.3. The van der Waals surface area contributed by atoms with Gasteiger partial charge in [-0.15, -0.1) is 0 Å². The molecule has 2 heterocycles. The highest BCUT2D eigenvalue weighted by Crippen LogP contribution is 2.15. The number of aromatic nitrogens is 4. The van der Waals surface area contributed by atoms with Crippen molar-refractivity contribution in [3.63, 3.8) is 0 Å². The zero-order valence-electron chi connectivity index (χ0n) is 11.4. The summed E-state index contributed by atoms with van der Waals surface area (Å²) < 4.78 is 0. The predicted molar refractivity (Wildman–Crippen MR) is 79.4 cm³/mol. The number of H-pyrrole nitrogens is 1. The summed E-state index contributed by atoms with van der Waals surface area (Å²) in [5, 5.41) is 9.80. The van der Waals surface area contributed by atoms with Crippen LogP contribution in [-0.4, -0.2) is 31.8 Å².